The van der Waals surface area contributed by atoms with E-state index in [1.165, 1.54) is 5.69 Å². The lowest BCUT2D eigenvalue weighted by molar-refractivity contribution is 0.0753. The maximum Gasteiger partial charge on any atom is 0.274 e. The second-order valence-electron chi connectivity index (χ2n) is 8.44. The fourth-order valence-corrected chi connectivity index (χ4v) is 4.72. The van der Waals surface area contributed by atoms with Crippen LogP contribution in [-0.2, 0) is 7.05 Å². The van der Waals surface area contributed by atoms with Crippen LogP contribution in [0.3, 0.4) is 0 Å². The molecule has 1 amide bonds. The van der Waals surface area contributed by atoms with Crippen LogP contribution in [0.2, 0.25) is 0 Å². The molecule has 1 aromatic heterocycles. The van der Waals surface area contributed by atoms with Gasteiger partial charge in [-0.15, -0.1) is 0 Å². The van der Waals surface area contributed by atoms with Gasteiger partial charge in [0.25, 0.3) is 5.91 Å². The maximum atomic E-state index is 13.1. The Bertz CT molecular complexity index is 1010. The van der Waals surface area contributed by atoms with Crippen LogP contribution in [0.25, 0.3) is 0 Å². The van der Waals surface area contributed by atoms with Gasteiger partial charge in [0, 0.05) is 56.4 Å². The molecule has 3 aromatic rings. The Hall–Kier alpha value is -3.28. The minimum atomic E-state index is 0.00958. The number of likely N-dealkylation sites (tertiary alicyclic amines) is 1. The van der Waals surface area contributed by atoms with Crippen molar-refractivity contribution in [1.82, 2.24) is 14.7 Å². The van der Waals surface area contributed by atoms with Crippen molar-refractivity contribution in [2.24, 2.45) is 18.4 Å². The van der Waals surface area contributed by atoms with E-state index in [1.807, 2.05) is 54.5 Å². The van der Waals surface area contributed by atoms with E-state index in [0.717, 1.165) is 25.4 Å². The van der Waals surface area contributed by atoms with Crippen LogP contribution in [-0.4, -0.2) is 53.4 Å². The normalized spacial score (nSPS) is 19.7. The van der Waals surface area contributed by atoms with Gasteiger partial charge in [0.1, 0.15) is 11.4 Å². The molecule has 6 heteroatoms. The lowest BCUT2D eigenvalue weighted by Crippen LogP contribution is -2.61. The number of amides is 1. The van der Waals surface area contributed by atoms with E-state index in [-0.39, 0.29) is 17.2 Å². The van der Waals surface area contributed by atoms with Crippen LogP contribution in [0.5, 0.6) is 5.75 Å². The molecule has 0 saturated carbocycles. The largest absolute Gasteiger partial charge is 0.493 e. The lowest BCUT2D eigenvalue weighted by Gasteiger charge is -2.52. The molecule has 0 radical (unpaired) electrons. The van der Waals surface area contributed by atoms with E-state index >= 15 is 0 Å². The van der Waals surface area contributed by atoms with Gasteiger partial charge in [-0.1, -0.05) is 36.4 Å². The van der Waals surface area contributed by atoms with Gasteiger partial charge in [0.2, 0.25) is 0 Å². The van der Waals surface area contributed by atoms with Crippen molar-refractivity contribution < 1.29 is 9.53 Å². The summed E-state index contributed by atoms with van der Waals surface area (Å²) in [6, 6.07) is 22.2. The van der Waals surface area contributed by atoms with Crippen LogP contribution >= 0.6 is 0 Å². The highest BCUT2D eigenvalue weighted by atomic mass is 16.5. The molecule has 1 spiro atoms. The standard InChI is InChI=1S/C24H26N4O2/c1-26-13-12-22(25-26)23(29)27-14-19(15-30-21-10-6-3-7-11-21)24(16-27)17-28(18-24)20-8-4-2-5-9-20/h2-13,19H,14-18H2,1H3. The Morgan fingerprint density at radius 1 is 1.03 bits per heavy atom. The number of hydrogen-bond acceptors (Lipinski definition) is 4. The number of ether oxygens (including phenoxy) is 1. The number of rotatable bonds is 5. The number of carbonyl (C=O) groups excluding carboxylic acids is 1. The van der Waals surface area contributed by atoms with Gasteiger partial charge in [-0.3, -0.25) is 9.48 Å². The fraction of sp³-hybridized carbons (Fsp3) is 0.333. The second-order valence-corrected chi connectivity index (χ2v) is 8.44. The quantitative estimate of drug-likeness (QED) is 0.658. The molecule has 2 saturated heterocycles. The smallest absolute Gasteiger partial charge is 0.274 e. The Morgan fingerprint density at radius 2 is 1.73 bits per heavy atom. The molecule has 5 rings (SSSR count). The van der Waals surface area contributed by atoms with Crippen molar-refractivity contribution in [3.8, 4) is 5.75 Å². The molecule has 0 aliphatic carbocycles. The zero-order valence-corrected chi connectivity index (χ0v) is 17.1. The van der Waals surface area contributed by atoms with E-state index in [1.54, 1.807) is 10.7 Å². The molecule has 2 aliphatic rings. The first kappa shape index (κ1) is 18.7. The third-order valence-corrected chi connectivity index (χ3v) is 6.36. The average molecular weight is 402 g/mol. The molecule has 2 fully saturated rings. The Labute approximate surface area is 176 Å². The first-order chi connectivity index (χ1) is 14.6. The van der Waals surface area contributed by atoms with Crippen molar-refractivity contribution >= 4 is 11.6 Å². The topological polar surface area (TPSA) is 50.6 Å². The summed E-state index contributed by atoms with van der Waals surface area (Å²) in [6.07, 6.45) is 1.82. The van der Waals surface area contributed by atoms with Crippen LogP contribution in [0.1, 0.15) is 10.5 Å². The number of hydrogen-bond donors (Lipinski definition) is 0. The van der Waals surface area contributed by atoms with Crippen LogP contribution < -0.4 is 9.64 Å². The van der Waals surface area contributed by atoms with Gasteiger partial charge in [0.15, 0.2) is 0 Å². The van der Waals surface area contributed by atoms with Gasteiger partial charge >= 0.3 is 0 Å². The van der Waals surface area contributed by atoms with Gasteiger partial charge in [-0.2, -0.15) is 5.10 Å². The third-order valence-electron chi connectivity index (χ3n) is 6.36. The number of aromatic nitrogens is 2. The third kappa shape index (κ3) is 3.43. The van der Waals surface area contributed by atoms with E-state index in [0.29, 0.717) is 18.8 Å². The lowest BCUT2D eigenvalue weighted by atomic mass is 9.71. The number of benzene rings is 2. The Kier molecular flexibility index (Phi) is 4.69. The SMILES string of the molecule is Cn1ccc(C(=O)N2CC(COc3ccccc3)C3(C2)CN(c2ccccc2)C3)n1. The molecular weight excluding hydrogens is 376 g/mol. The van der Waals surface area contributed by atoms with Crippen molar-refractivity contribution in [3.63, 3.8) is 0 Å². The highest BCUT2D eigenvalue weighted by Crippen LogP contribution is 2.46. The zero-order valence-electron chi connectivity index (χ0n) is 17.1. The minimum Gasteiger partial charge on any atom is -0.493 e. The molecular formula is C24H26N4O2. The van der Waals surface area contributed by atoms with Crippen LogP contribution in [0, 0.1) is 11.3 Å². The fourth-order valence-electron chi connectivity index (χ4n) is 4.72. The van der Waals surface area contributed by atoms with E-state index in [4.69, 9.17) is 4.74 Å². The zero-order chi connectivity index (χ0) is 20.6. The summed E-state index contributed by atoms with van der Waals surface area (Å²) in [5.74, 6) is 1.17. The summed E-state index contributed by atoms with van der Waals surface area (Å²) in [5.41, 5.74) is 1.80. The molecule has 2 aromatic carbocycles. The first-order valence-corrected chi connectivity index (χ1v) is 10.4. The first-order valence-electron chi connectivity index (χ1n) is 10.4. The second kappa shape index (κ2) is 7.52. The van der Waals surface area contributed by atoms with Crippen molar-refractivity contribution in [2.75, 3.05) is 37.7 Å². The maximum absolute atomic E-state index is 13.1. The molecule has 0 bridgehead atoms. The van der Waals surface area contributed by atoms with Gasteiger partial charge in [0.05, 0.1) is 6.61 Å². The van der Waals surface area contributed by atoms with Gasteiger partial charge in [-0.05, 0) is 30.3 Å². The molecule has 0 N–H and O–H groups in total. The molecule has 2 aliphatic heterocycles. The number of nitrogens with zero attached hydrogens (tertiary/aromatic N) is 4. The number of para-hydroxylation sites is 2. The monoisotopic (exact) mass is 402 g/mol. The summed E-state index contributed by atoms with van der Waals surface area (Å²) in [5, 5.41) is 4.31. The molecule has 1 atom stereocenters. The summed E-state index contributed by atoms with van der Waals surface area (Å²) in [6.45, 7) is 3.93. The molecule has 6 nitrogen and oxygen atoms in total. The summed E-state index contributed by atoms with van der Waals surface area (Å²) >= 11 is 0. The van der Waals surface area contributed by atoms with E-state index in [9.17, 15) is 4.79 Å². The number of carbonyl (C=O) groups is 1. The van der Waals surface area contributed by atoms with Crippen LogP contribution in [0.4, 0.5) is 5.69 Å². The number of anilines is 1. The Balaban J connectivity index is 1.33. The predicted molar refractivity (Wildman–Crippen MR) is 116 cm³/mol. The summed E-state index contributed by atoms with van der Waals surface area (Å²) < 4.78 is 7.80. The Morgan fingerprint density at radius 3 is 2.40 bits per heavy atom. The molecule has 3 heterocycles. The molecule has 30 heavy (non-hydrogen) atoms. The van der Waals surface area contributed by atoms with Gasteiger partial charge in [-0.25, -0.2) is 0 Å². The van der Waals surface area contributed by atoms with Crippen molar-refractivity contribution in [1.29, 1.82) is 0 Å². The number of aryl methyl sites for hydroxylation is 1. The van der Waals surface area contributed by atoms with Crippen molar-refractivity contribution in [2.45, 2.75) is 0 Å². The highest BCUT2D eigenvalue weighted by Gasteiger charge is 2.55. The highest BCUT2D eigenvalue weighted by molar-refractivity contribution is 5.92. The van der Waals surface area contributed by atoms with E-state index in [2.05, 4.69) is 34.3 Å². The molecule has 1 unspecified atom stereocenters. The summed E-state index contributed by atoms with van der Waals surface area (Å²) in [7, 11) is 1.84. The van der Waals surface area contributed by atoms with Crippen LogP contribution in [0.15, 0.2) is 72.9 Å². The minimum absolute atomic E-state index is 0.00958. The predicted octanol–water partition coefficient (Wildman–Crippen LogP) is 3.08. The molecule has 154 valence electrons. The van der Waals surface area contributed by atoms with E-state index < -0.39 is 0 Å². The van der Waals surface area contributed by atoms with Gasteiger partial charge < -0.3 is 14.5 Å². The average Bonchev–Trinajstić information content (AvgIpc) is 3.36. The summed E-state index contributed by atoms with van der Waals surface area (Å²) in [4.78, 5) is 17.4. The van der Waals surface area contributed by atoms with Crippen molar-refractivity contribution in [3.05, 3.63) is 78.6 Å².